The molecule has 0 radical (unpaired) electrons. The van der Waals surface area contributed by atoms with Crippen molar-refractivity contribution in [3.63, 3.8) is 0 Å². The number of rotatable bonds is 5. The molecule has 0 amide bonds. The number of fused-ring (bicyclic) bond motifs is 5. The molecule has 0 aromatic carbocycles. The molecule has 2 aliphatic carbocycles. The Morgan fingerprint density at radius 2 is 2.07 bits per heavy atom. The van der Waals surface area contributed by atoms with Crippen molar-refractivity contribution in [2.24, 2.45) is 29.6 Å². The number of cyclic esters (lactones) is 2. The molecule has 0 spiro atoms. The second-order valence-corrected chi connectivity index (χ2v) is 15.5. The van der Waals surface area contributed by atoms with E-state index in [1.54, 1.807) is 0 Å². The first-order valence-corrected chi connectivity index (χ1v) is 14.3. The van der Waals surface area contributed by atoms with Crippen LogP contribution in [0.15, 0.2) is 23.8 Å². The number of hydrogen-bond acceptors (Lipinski definition) is 5. The molecule has 0 N–H and O–H groups in total. The van der Waals surface area contributed by atoms with Gasteiger partial charge in [0, 0.05) is 19.9 Å². The van der Waals surface area contributed by atoms with E-state index in [9.17, 15) is 9.59 Å². The summed E-state index contributed by atoms with van der Waals surface area (Å²) in [7, 11) is -1.18. The molecule has 2 heterocycles. The number of ether oxygens (including phenoxy) is 3. The molecular formula is C23H30O5Si. The Bertz CT molecular complexity index is 786. The van der Waals surface area contributed by atoms with Gasteiger partial charge in [0.2, 0.25) is 0 Å². The van der Waals surface area contributed by atoms with Crippen LogP contribution in [0.1, 0.15) is 12.8 Å². The monoisotopic (exact) mass is 414 g/mol. The fraction of sp³-hybridized carbons (Fsp3) is 0.652. The van der Waals surface area contributed by atoms with Crippen LogP contribution in [-0.4, -0.2) is 45.4 Å². The number of carbonyl (C=O) groups is 2. The largest absolute Gasteiger partial charge is 0.393 e. The van der Waals surface area contributed by atoms with E-state index in [-0.39, 0.29) is 60.3 Å². The molecule has 0 unspecified atom stereocenters. The van der Waals surface area contributed by atoms with Crippen molar-refractivity contribution < 1.29 is 23.8 Å². The van der Waals surface area contributed by atoms with E-state index in [0.29, 0.717) is 13.0 Å². The second-order valence-electron chi connectivity index (χ2n) is 9.92. The van der Waals surface area contributed by atoms with Gasteiger partial charge in [0.1, 0.15) is 6.61 Å². The molecule has 2 aliphatic heterocycles. The first-order valence-electron chi connectivity index (χ1n) is 10.6. The summed E-state index contributed by atoms with van der Waals surface area (Å²) >= 11 is 0. The molecule has 1 saturated carbocycles. The zero-order valence-corrected chi connectivity index (χ0v) is 18.4. The summed E-state index contributed by atoms with van der Waals surface area (Å²) in [6, 6.07) is 1.11. The van der Waals surface area contributed by atoms with E-state index >= 15 is 0 Å². The second kappa shape index (κ2) is 7.86. The van der Waals surface area contributed by atoms with Gasteiger partial charge in [-0.3, -0.25) is 9.59 Å². The molecule has 7 atom stereocenters. The third-order valence-corrected chi connectivity index (χ3v) is 8.21. The fourth-order valence-electron chi connectivity index (χ4n) is 5.51. The van der Waals surface area contributed by atoms with Crippen molar-refractivity contribution in [3.8, 4) is 12.3 Å². The summed E-state index contributed by atoms with van der Waals surface area (Å²) in [6.07, 6.45) is 13.3. The third-order valence-electron chi connectivity index (χ3n) is 6.75. The first kappa shape index (κ1) is 20.6. The maximum atomic E-state index is 12.5. The van der Waals surface area contributed by atoms with Crippen LogP contribution in [0.25, 0.3) is 0 Å². The van der Waals surface area contributed by atoms with Crippen LogP contribution in [0.3, 0.4) is 0 Å². The van der Waals surface area contributed by atoms with Gasteiger partial charge < -0.3 is 14.2 Å². The highest BCUT2D eigenvalue weighted by Crippen LogP contribution is 2.53. The molecule has 2 saturated heterocycles. The Labute approximate surface area is 173 Å². The van der Waals surface area contributed by atoms with Gasteiger partial charge in [0.15, 0.2) is 0 Å². The van der Waals surface area contributed by atoms with Gasteiger partial charge in [-0.25, -0.2) is 0 Å². The fourth-order valence-corrected chi connectivity index (χ4v) is 6.36. The normalized spacial score (nSPS) is 38.8. The van der Waals surface area contributed by atoms with Crippen LogP contribution < -0.4 is 0 Å². The Hall–Kier alpha value is -1.68. The highest BCUT2D eigenvalue weighted by Gasteiger charge is 2.59. The Kier molecular flexibility index (Phi) is 5.58. The molecule has 3 fully saturated rings. The van der Waals surface area contributed by atoms with E-state index in [0.717, 1.165) is 18.0 Å². The Morgan fingerprint density at radius 3 is 2.79 bits per heavy atom. The van der Waals surface area contributed by atoms with Crippen LogP contribution in [0.2, 0.25) is 25.7 Å². The van der Waals surface area contributed by atoms with Crippen molar-refractivity contribution >= 4 is 20.0 Å². The van der Waals surface area contributed by atoms with Gasteiger partial charge in [-0.1, -0.05) is 43.8 Å². The molecule has 29 heavy (non-hydrogen) atoms. The Balaban J connectivity index is 1.60. The average molecular weight is 415 g/mol. The van der Waals surface area contributed by atoms with Gasteiger partial charge in [-0.2, -0.15) is 0 Å². The van der Waals surface area contributed by atoms with Crippen LogP contribution in [0, 0.1) is 41.9 Å². The summed E-state index contributed by atoms with van der Waals surface area (Å²) < 4.78 is 17.3. The van der Waals surface area contributed by atoms with Crippen LogP contribution >= 0.6 is 0 Å². The van der Waals surface area contributed by atoms with Gasteiger partial charge in [0.25, 0.3) is 0 Å². The van der Waals surface area contributed by atoms with Gasteiger partial charge in [-0.05, 0) is 30.4 Å². The molecule has 4 aliphatic rings. The Morgan fingerprint density at radius 1 is 1.28 bits per heavy atom. The van der Waals surface area contributed by atoms with Gasteiger partial charge in [0.05, 0.1) is 30.7 Å². The van der Waals surface area contributed by atoms with Crippen molar-refractivity contribution in [2.75, 3.05) is 13.2 Å². The molecule has 0 aromatic rings. The van der Waals surface area contributed by atoms with Crippen LogP contribution in [-0.2, 0) is 23.8 Å². The van der Waals surface area contributed by atoms with Crippen molar-refractivity contribution in [1.29, 1.82) is 0 Å². The van der Waals surface area contributed by atoms with E-state index in [1.807, 2.05) is 0 Å². The highest BCUT2D eigenvalue weighted by molar-refractivity contribution is 6.76. The molecule has 4 rings (SSSR count). The predicted molar refractivity (Wildman–Crippen MR) is 111 cm³/mol. The summed E-state index contributed by atoms with van der Waals surface area (Å²) in [6.45, 7) is 7.78. The van der Waals surface area contributed by atoms with E-state index in [2.05, 4.69) is 43.8 Å². The quantitative estimate of drug-likeness (QED) is 0.227. The average Bonchev–Trinajstić information content (AvgIpc) is 3.15. The number of terminal acetylenes is 1. The molecule has 156 valence electrons. The maximum absolute atomic E-state index is 12.5. The van der Waals surface area contributed by atoms with E-state index in [1.165, 1.54) is 0 Å². The van der Waals surface area contributed by atoms with Crippen molar-refractivity contribution in [3.05, 3.63) is 23.8 Å². The maximum Gasteiger partial charge on any atom is 0.318 e. The molecule has 6 heteroatoms. The SMILES string of the molecule is C#CCO[C@H]1[C@H]2OCC3=CC[C@@H]4C(=O)OC(=O)[C@@H]4[C@@H]3[C@H]2C[C@H]1/C=C/C[Si](C)(C)C. The minimum absolute atomic E-state index is 0.00113. The minimum Gasteiger partial charge on any atom is -0.393 e. The molecular weight excluding hydrogens is 384 g/mol. The predicted octanol–water partition coefficient (Wildman–Crippen LogP) is 3.20. The van der Waals surface area contributed by atoms with E-state index < -0.39 is 8.07 Å². The molecule has 0 bridgehead atoms. The molecule has 0 aromatic heterocycles. The smallest absolute Gasteiger partial charge is 0.318 e. The zero-order valence-electron chi connectivity index (χ0n) is 17.4. The lowest BCUT2D eigenvalue weighted by molar-refractivity contribution is -0.154. The lowest BCUT2D eigenvalue weighted by Crippen LogP contribution is -2.47. The summed E-state index contributed by atoms with van der Waals surface area (Å²) in [5.74, 6) is 1.44. The van der Waals surface area contributed by atoms with Gasteiger partial charge in [-0.15, -0.1) is 6.42 Å². The van der Waals surface area contributed by atoms with Crippen LogP contribution in [0.4, 0.5) is 0 Å². The standard InChI is InChI=1S/C23H30O5Si/c1-5-10-26-20-14(7-6-11-29(2,3)4)12-17-18-15(13-27-21(17)20)8-9-16-19(18)23(25)28-22(16)24/h1,6-8,14,16-21H,9-13H2,2-4H3/b7-6+/t14-,16+,17-,18+,19+,20-,21+/m1/s1. The van der Waals surface area contributed by atoms with Gasteiger partial charge >= 0.3 is 11.9 Å². The van der Waals surface area contributed by atoms with E-state index in [4.69, 9.17) is 20.6 Å². The third kappa shape index (κ3) is 3.88. The van der Waals surface area contributed by atoms with Crippen molar-refractivity contribution in [2.45, 2.75) is 50.7 Å². The number of carbonyl (C=O) groups excluding carboxylic acids is 2. The number of hydrogen-bond donors (Lipinski definition) is 0. The summed E-state index contributed by atoms with van der Waals surface area (Å²) in [4.78, 5) is 24.6. The topological polar surface area (TPSA) is 61.8 Å². The molecule has 5 nitrogen and oxygen atoms in total. The summed E-state index contributed by atoms with van der Waals surface area (Å²) in [5.41, 5.74) is 1.14. The zero-order chi connectivity index (χ0) is 20.8. The highest BCUT2D eigenvalue weighted by atomic mass is 28.3. The first-order chi connectivity index (χ1) is 13.8. The van der Waals surface area contributed by atoms with Crippen molar-refractivity contribution in [1.82, 2.24) is 0 Å². The van der Waals surface area contributed by atoms with Crippen LogP contribution in [0.5, 0.6) is 0 Å². The number of esters is 2. The lowest BCUT2D eigenvalue weighted by Gasteiger charge is -2.42. The number of allylic oxidation sites excluding steroid dienone is 2. The summed E-state index contributed by atoms with van der Waals surface area (Å²) in [5, 5.41) is 0. The lowest BCUT2D eigenvalue weighted by atomic mass is 9.65. The minimum atomic E-state index is -1.18.